The molecule has 0 unspecified atom stereocenters. The molecule has 5 nitrogen and oxygen atoms in total. The summed E-state index contributed by atoms with van der Waals surface area (Å²) in [5, 5.41) is 6.88. The van der Waals surface area contributed by atoms with E-state index >= 15 is 0 Å². The third-order valence-corrected chi connectivity index (χ3v) is 4.28. The highest BCUT2D eigenvalue weighted by atomic mass is 35.5. The minimum atomic E-state index is -0.0606. The van der Waals surface area contributed by atoms with Crippen LogP contribution in [0.3, 0.4) is 0 Å². The summed E-state index contributed by atoms with van der Waals surface area (Å²) >= 11 is 6.24. The Bertz CT molecular complexity index is 776. The molecule has 6 heteroatoms. The Balaban J connectivity index is 1.99. The summed E-state index contributed by atoms with van der Waals surface area (Å²) in [7, 11) is 3.71. The van der Waals surface area contributed by atoms with Crippen molar-refractivity contribution in [3.63, 3.8) is 0 Å². The van der Waals surface area contributed by atoms with Crippen LogP contribution in [0.25, 0.3) is 0 Å². The third kappa shape index (κ3) is 5.49. The van der Waals surface area contributed by atoms with Crippen molar-refractivity contribution in [3.05, 3.63) is 70.2 Å². The SMILES string of the molecule is CCNC(=O)c1cccc(CNC(=NC)N(C)Cc2ccccc2Cl)c1. The number of carbonyl (C=O) groups excluding carboxylic acids is 1. The van der Waals surface area contributed by atoms with E-state index in [1.54, 1.807) is 7.05 Å². The standard InChI is InChI=1S/C20H25ClN4O/c1-4-23-19(26)16-10-7-8-15(12-16)13-24-20(22-2)25(3)14-17-9-5-6-11-18(17)21/h5-12H,4,13-14H2,1-3H3,(H,22,24)(H,23,26). The summed E-state index contributed by atoms with van der Waals surface area (Å²) in [6.45, 7) is 3.74. The Labute approximate surface area is 160 Å². The molecule has 0 aliphatic carbocycles. The van der Waals surface area contributed by atoms with Crippen LogP contribution < -0.4 is 10.6 Å². The first kappa shape index (κ1) is 19.8. The van der Waals surface area contributed by atoms with Crippen LogP contribution in [0.1, 0.15) is 28.4 Å². The molecule has 2 aromatic rings. The van der Waals surface area contributed by atoms with E-state index < -0.39 is 0 Å². The van der Waals surface area contributed by atoms with Crippen molar-refractivity contribution in [2.24, 2.45) is 4.99 Å². The number of nitrogens with zero attached hydrogens (tertiary/aromatic N) is 2. The third-order valence-electron chi connectivity index (χ3n) is 3.92. The largest absolute Gasteiger partial charge is 0.352 e. The molecule has 0 atom stereocenters. The van der Waals surface area contributed by atoms with Gasteiger partial charge in [-0.25, -0.2) is 0 Å². The Morgan fingerprint density at radius 1 is 1.15 bits per heavy atom. The maximum Gasteiger partial charge on any atom is 0.251 e. The van der Waals surface area contributed by atoms with Crippen LogP contribution in [0.2, 0.25) is 5.02 Å². The molecular formula is C20H25ClN4O. The summed E-state index contributed by atoms with van der Waals surface area (Å²) in [6, 6.07) is 15.3. The van der Waals surface area contributed by atoms with E-state index in [0.29, 0.717) is 25.2 Å². The summed E-state index contributed by atoms with van der Waals surface area (Å²) in [4.78, 5) is 18.3. The van der Waals surface area contributed by atoms with Crippen molar-refractivity contribution in [2.45, 2.75) is 20.0 Å². The van der Waals surface area contributed by atoms with E-state index in [-0.39, 0.29) is 5.91 Å². The molecular weight excluding hydrogens is 348 g/mol. The number of hydrogen-bond acceptors (Lipinski definition) is 2. The first-order valence-corrected chi connectivity index (χ1v) is 8.95. The molecule has 0 radical (unpaired) electrons. The van der Waals surface area contributed by atoms with Gasteiger partial charge in [0, 0.05) is 44.3 Å². The number of aliphatic imine (C=N–C) groups is 1. The molecule has 0 aliphatic rings. The molecule has 0 saturated heterocycles. The number of halogens is 1. The van der Waals surface area contributed by atoms with E-state index in [1.807, 2.05) is 67.4 Å². The Morgan fingerprint density at radius 2 is 1.92 bits per heavy atom. The van der Waals surface area contributed by atoms with Crippen molar-refractivity contribution >= 4 is 23.5 Å². The second-order valence-electron chi connectivity index (χ2n) is 5.91. The van der Waals surface area contributed by atoms with Crippen LogP contribution in [-0.2, 0) is 13.1 Å². The summed E-state index contributed by atoms with van der Waals surface area (Å²) in [6.07, 6.45) is 0. The lowest BCUT2D eigenvalue weighted by atomic mass is 10.1. The molecule has 138 valence electrons. The lowest BCUT2D eigenvalue weighted by Crippen LogP contribution is -2.38. The Morgan fingerprint density at radius 3 is 2.62 bits per heavy atom. The number of hydrogen-bond donors (Lipinski definition) is 2. The van der Waals surface area contributed by atoms with Crippen LogP contribution in [0, 0.1) is 0 Å². The van der Waals surface area contributed by atoms with E-state index in [0.717, 1.165) is 22.1 Å². The molecule has 2 rings (SSSR count). The van der Waals surface area contributed by atoms with E-state index in [4.69, 9.17) is 11.6 Å². The fourth-order valence-electron chi connectivity index (χ4n) is 2.61. The maximum absolute atomic E-state index is 12.0. The van der Waals surface area contributed by atoms with E-state index in [2.05, 4.69) is 15.6 Å². The fraction of sp³-hybridized carbons (Fsp3) is 0.300. The first-order valence-electron chi connectivity index (χ1n) is 8.57. The lowest BCUT2D eigenvalue weighted by molar-refractivity contribution is 0.0955. The van der Waals surface area contributed by atoms with Gasteiger partial charge < -0.3 is 15.5 Å². The molecule has 0 bridgehead atoms. The summed E-state index contributed by atoms with van der Waals surface area (Å²) in [5.41, 5.74) is 2.71. The van der Waals surface area contributed by atoms with Crippen LogP contribution >= 0.6 is 11.6 Å². The van der Waals surface area contributed by atoms with Crippen molar-refractivity contribution in [1.82, 2.24) is 15.5 Å². The molecule has 0 fully saturated rings. The van der Waals surface area contributed by atoms with Crippen LogP contribution in [0.5, 0.6) is 0 Å². The van der Waals surface area contributed by atoms with E-state index in [1.165, 1.54) is 0 Å². The van der Waals surface area contributed by atoms with Gasteiger partial charge in [-0.3, -0.25) is 9.79 Å². The smallest absolute Gasteiger partial charge is 0.251 e. The molecule has 0 aromatic heterocycles. The van der Waals surface area contributed by atoms with Gasteiger partial charge in [0.1, 0.15) is 0 Å². The maximum atomic E-state index is 12.0. The number of carbonyl (C=O) groups is 1. The topological polar surface area (TPSA) is 56.7 Å². The van der Waals surface area contributed by atoms with Gasteiger partial charge in [-0.2, -0.15) is 0 Å². The number of rotatable bonds is 6. The van der Waals surface area contributed by atoms with Gasteiger partial charge in [-0.05, 0) is 36.2 Å². The van der Waals surface area contributed by atoms with E-state index in [9.17, 15) is 4.79 Å². The highest BCUT2D eigenvalue weighted by Gasteiger charge is 2.09. The predicted octanol–water partition coefficient (Wildman–Crippen LogP) is 3.30. The molecule has 0 spiro atoms. The van der Waals surface area contributed by atoms with Gasteiger partial charge in [0.05, 0.1) is 0 Å². The van der Waals surface area contributed by atoms with Crippen molar-refractivity contribution in [3.8, 4) is 0 Å². The highest BCUT2D eigenvalue weighted by molar-refractivity contribution is 6.31. The minimum absolute atomic E-state index is 0.0606. The second-order valence-corrected chi connectivity index (χ2v) is 6.32. The number of guanidine groups is 1. The van der Waals surface area contributed by atoms with Gasteiger partial charge in [0.2, 0.25) is 0 Å². The van der Waals surface area contributed by atoms with Gasteiger partial charge in [0.25, 0.3) is 5.91 Å². The normalized spacial score (nSPS) is 11.2. The van der Waals surface area contributed by atoms with Crippen molar-refractivity contribution in [2.75, 3.05) is 20.6 Å². The number of nitrogens with one attached hydrogen (secondary N) is 2. The lowest BCUT2D eigenvalue weighted by Gasteiger charge is -2.22. The average molecular weight is 373 g/mol. The average Bonchev–Trinajstić information content (AvgIpc) is 2.64. The molecule has 0 aliphatic heterocycles. The van der Waals surface area contributed by atoms with Crippen LogP contribution in [0.15, 0.2) is 53.5 Å². The van der Waals surface area contributed by atoms with Crippen molar-refractivity contribution < 1.29 is 4.79 Å². The van der Waals surface area contributed by atoms with Crippen molar-refractivity contribution in [1.29, 1.82) is 0 Å². The quantitative estimate of drug-likeness (QED) is 0.604. The molecule has 0 heterocycles. The van der Waals surface area contributed by atoms with Crippen LogP contribution in [-0.4, -0.2) is 37.4 Å². The van der Waals surface area contributed by atoms with Gasteiger partial charge in [-0.15, -0.1) is 0 Å². The fourth-order valence-corrected chi connectivity index (χ4v) is 2.80. The molecule has 1 amide bonds. The zero-order valence-electron chi connectivity index (χ0n) is 15.4. The second kappa shape index (κ2) is 9.82. The molecule has 2 N–H and O–H groups in total. The Hall–Kier alpha value is -2.53. The monoisotopic (exact) mass is 372 g/mol. The summed E-state index contributed by atoms with van der Waals surface area (Å²) in [5.74, 6) is 0.697. The van der Waals surface area contributed by atoms with Gasteiger partial charge in [0.15, 0.2) is 5.96 Å². The predicted molar refractivity (Wildman–Crippen MR) is 108 cm³/mol. The van der Waals surface area contributed by atoms with Gasteiger partial charge in [-0.1, -0.05) is 41.9 Å². The zero-order chi connectivity index (χ0) is 18.9. The minimum Gasteiger partial charge on any atom is -0.352 e. The molecule has 0 saturated carbocycles. The van der Waals surface area contributed by atoms with Crippen LogP contribution in [0.4, 0.5) is 0 Å². The highest BCUT2D eigenvalue weighted by Crippen LogP contribution is 2.16. The van der Waals surface area contributed by atoms with Gasteiger partial charge >= 0.3 is 0 Å². The molecule has 2 aromatic carbocycles. The first-order chi connectivity index (χ1) is 12.5. The summed E-state index contributed by atoms with van der Waals surface area (Å²) < 4.78 is 0. The zero-order valence-corrected chi connectivity index (χ0v) is 16.2. The number of amides is 1. The number of benzene rings is 2. The Kier molecular flexibility index (Phi) is 7.48. The molecule has 26 heavy (non-hydrogen) atoms.